The van der Waals surface area contributed by atoms with E-state index in [1.54, 1.807) is 0 Å². The normalized spacial score (nSPS) is 14.4. The topological polar surface area (TPSA) is 0 Å². The van der Waals surface area contributed by atoms with Crippen molar-refractivity contribution in [2.75, 3.05) is 0 Å². The first-order valence-corrected chi connectivity index (χ1v) is 29.6. The molecule has 2 aliphatic rings. The number of hydrogen-bond acceptors (Lipinski definition) is 0. The molecule has 10 rings (SSSR count). The summed E-state index contributed by atoms with van der Waals surface area (Å²) in [6.45, 7) is 8.94. The quantitative estimate of drug-likeness (QED) is 0.0948. The number of fused-ring (bicyclic) bond motifs is 4. The summed E-state index contributed by atoms with van der Waals surface area (Å²) in [5, 5.41) is 10.8. The molecule has 4 heteroatoms. The van der Waals surface area contributed by atoms with Crippen molar-refractivity contribution in [2.24, 2.45) is 10.8 Å². The van der Waals surface area contributed by atoms with Gasteiger partial charge in [-0.1, -0.05) is 136 Å². The molecule has 0 aliphatic heterocycles. The number of hydrogen-bond donors (Lipinski definition) is 0. The van der Waals surface area contributed by atoms with Crippen LogP contribution < -0.4 is 0 Å². The van der Waals surface area contributed by atoms with Crippen LogP contribution in [0.2, 0.25) is 13.1 Å². The Hall–Kier alpha value is -3.26. The maximum atomic E-state index is 4.93. The van der Waals surface area contributed by atoms with Gasteiger partial charge in [-0.25, -0.2) is 0 Å². The predicted octanol–water partition coefficient (Wildman–Crippen LogP) is 17.2. The van der Waals surface area contributed by atoms with Gasteiger partial charge in [0, 0.05) is 9.52 Å². The van der Waals surface area contributed by atoms with E-state index in [1.165, 1.54) is 141 Å². The van der Waals surface area contributed by atoms with Gasteiger partial charge in [-0.15, -0.1) is 69.1 Å². The third kappa shape index (κ3) is 10.4. The standard InChI is InChI=1S/2C26H25.C2H6Si.2ClH.Zr/c2*1-2-12-26(13-14-26)18-19-15-22-8-5-9-24(25(22)16-19)23-11-10-20-6-3-4-7-21(20)17-23;1-3-2;;;/h2*3-11,15-17H,2,12-14,18H2,1H3;1-2H3;2*1H;/q2*-1;;;;+4/p-2. The van der Waals surface area contributed by atoms with Gasteiger partial charge in [0.05, 0.1) is 0 Å². The molecule has 0 aromatic heterocycles. The second-order valence-electron chi connectivity index (χ2n) is 16.9. The van der Waals surface area contributed by atoms with Gasteiger partial charge in [-0.2, -0.15) is 12.1 Å². The monoisotopic (exact) mass is 892 g/mol. The van der Waals surface area contributed by atoms with Gasteiger partial charge >= 0.3 is 37.9 Å². The van der Waals surface area contributed by atoms with Gasteiger partial charge in [-0.05, 0) is 107 Å². The predicted molar refractivity (Wildman–Crippen MR) is 255 cm³/mol. The average Bonchev–Trinajstić information content (AvgIpc) is 4.08. The molecule has 2 fully saturated rings. The van der Waals surface area contributed by atoms with Gasteiger partial charge in [0.2, 0.25) is 0 Å². The molecule has 0 nitrogen and oxygen atoms in total. The molecule has 0 N–H and O–H groups in total. The Morgan fingerprint density at radius 2 is 0.897 bits per heavy atom. The number of halogens is 2. The van der Waals surface area contributed by atoms with Crippen LogP contribution in [0.1, 0.15) is 76.3 Å². The molecular formula is C54H56Cl2SiZr. The van der Waals surface area contributed by atoms with Crippen LogP contribution in [0, 0.1) is 10.8 Å². The van der Waals surface area contributed by atoms with Gasteiger partial charge < -0.3 is 0 Å². The van der Waals surface area contributed by atoms with Crippen LogP contribution in [0.5, 0.6) is 0 Å². The van der Waals surface area contributed by atoms with Crippen molar-refractivity contribution >= 4 is 69.6 Å². The van der Waals surface area contributed by atoms with E-state index >= 15 is 0 Å². The summed E-state index contributed by atoms with van der Waals surface area (Å²) in [6, 6.07) is 54.2. The second kappa shape index (κ2) is 19.9. The summed E-state index contributed by atoms with van der Waals surface area (Å²) in [7, 11) is 11.0. The summed E-state index contributed by atoms with van der Waals surface area (Å²) in [6.07, 6.45) is 13.6. The Balaban J connectivity index is 0.000000156. The molecule has 0 saturated heterocycles. The van der Waals surface area contributed by atoms with E-state index in [-0.39, 0.29) is 0 Å². The first-order chi connectivity index (χ1) is 28.4. The molecule has 2 saturated carbocycles. The summed E-state index contributed by atoms with van der Waals surface area (Å²) in [4.78, 5) is 0. The SMILES string of the molecule is CCCC1(Cc2cc3c(-c4ccc5ccccc5c4)cccc3[cH-]2)CC1.CCCC1(Cc2cc3c(-c4ccc5ccccc5c4)cccc3[cH-]2)CC1.C[Si]C.[Cl][Zr+2][Cl]. The third-order valence-corrected chi connectivity index (χ3v) is 12.4. The third-order valence-electron chi connectivity index (χ3n) is 12.4. The Kier molecular flexibility index (Phi) is 14.7. The number of benzene rings is 6. The zero-order valence-electron chi connectivity index (χ0n) is 34.7. The Morgan fingerprint density at radius 3 is 1.26 bits per heavy atom. The summed E-state index contributed by atoms with van der Waals surface area (Å²) < 4.78 is 0. The van der Waals surface area contributed by atoms with Crippen LogP contribution >= 0.6 is 17.0 Å². The molecule has 294 valence electrons. The van der Waals surface area contributed by atoms with E-state index in [9.17, 15) is 0 Å². The summed E-state index contributed by atoms with van der Waals surface area (Å²) in [5.74, 6) is 0. The first kappa shape index (κ1) is 42.8. The summed E-state index contributed by atoms with van der Waals surface area (Å²) in [5.41, 5.74) is 9.64. The average molecular weight is 895 g/mol. The fourth-order valence-electron chi connectivity index (χ4n) is 9.33. The van der Waals surface area contributed by atoms with Crippen molar-refractivity contribution in [3.63, 3.8) is 0 Å². The van der Waals surface area contributed by atoms with Crippen molar-refractivity contribution in [3.8, 4) is 22.3 Å². The van der Waals surface area contributed by atoms with E-state index in [0.29, 0.717) is 10.8 Å². The van der Waals surface area contributed by atoms with Crippen LogP contribution in [0.15, 0.2) is 146 Å². The van der Waals surface area contributed by atoms with Crippen LogP contribution in [0.4, 0.5) is 0 Å². The van der Waals surface area contributed by atoms with Gasteiger partial charge in [-0.3, -0.25) is 0 Å². The van der Waals surface area contributed by atoms with Crippen LogP contribution in [0.25, 0.3) is 65.3 Å². The van der Waals surface area contributed by atoms with Crippen LogP contribution in [-0.2, 0) is 33.7 Å². The van der Waals surface area contributed by atoms with Gasteiger partial charge in [0.15, 0.2) is 0 Å². The van der Waals surface area contributed by atoms with Gasteiger partial charge in [0.1, 0.15) is 0 Å². The van der Waals surface area contributed by atoms with E-state index in [4.69, 9.17) is 17.0 Å². The van der Waals surface area contributed by atoms with Gasteiger partial charge in [0.25, 0.3) is 0 Å². The fraction of sp³-hybridized carbons (Fsp3) is 0.296. The summed E-state index contributed by atoms with van der Waals surface area (Å²) >= 11 is -0.826. The minimum absolute atomic E-state index is 0.613. The first-order valence-electron chi connectivity index (χ1n) is 21.3. The van der Waals surface area contributed by atoms with Crippen LogP contribution in [0.3, 0.4) is 0 Å². The molecule has 0 unspecified atom stereocenters. The molecular weight excluding hydrogens is 839 g/mol. The molecule has 0 spiro atoms. The maximum absolute atomic E-state index is 4.93. The van der Waals surface area contributed by atoms with Crippen molar-refractivity contribution in [2.45, 2.75) is 91.1 Å². The molecule has 8 aromatic rings. The molecule has 0 heterocycles. The zero-order chi connectivity index (χ0) is 40.5. The molecule has 58 heavy (non-hydrogen) atoms. The fourth-order valence-corrected chi connectivity index (χ4v) is 9.33. The van der Waals surface area contributed by atoms with Crippen molar-refractivity contribution in [1.29, 1.82) is 0 Å². The van der Waals surface area contributed by atoms with Crippen LogP contribution in [-0.4, -0.2) is 9.52 Å². The van der Waals surface area contributed by atoms with Crippen molar-refractivity contribution in [3.05, 3.63) is 157 Å². The molecule has 0 amide bonds. The Bertz CT molecular complexity index is 2390. The molecule has 2 aliphatic carbocycles. The van der Waals surface area contributed by atoms with E-state index < -0.39 is 20.8 Å². The molecule has 2 radical (unpaired) electrons. The number of rotatable bonds is 10. The van der Waals surface area contributed by atoms with Crippen molar-refractivity contribution in [1.82, 2.24) is 0 Å². The second-order valence-corrected chi connectivity index (χ2v) is 21.6. The Morgan fingerprint density at radius 1 is 0.517 bits per heavy atom. The van der Waals surface area contributed by atoms with Crippen molar-refractivity contribution < 1.29 is 20.8 Å². The Labute approximate surface area is 368 Å². The molecule has 0 bridgehead atoms. The van der Waals surface area contributed by atoms with E-state index in [1.807, 2.05) is 0 Å². The molecule has 0 atom stereocenters. The molecule has 8 aromatic carbocycles. The zero-order valence-corrected chi connectivity index (χ0v) is 39.7. The minimum atomic E-state index is -0.826. The van der Waals surface area contributed by atoms with E-state index in [0.717, 1.165) is 9.52 Å². The van der Waals surface area contributed by atoms with E-state index in [2.05, 4.69) is 173 Å².